The molecule has 2 unspecified atom stereocenters. The van der Waals surface area contributed by atoms with Gasteiger partial charge in [-0.1, -0.05) is 25.1 Å². The van der Waals surface area contributed by atoms with Crippen molar-refractivity contribution in [3.63, 3.8) is 0 Å². The van der Waals surface area contributed by atoms with Gasteiger partial charge in [-0.2, -0.15) is 0 Å². The Morgan fingerprint density at radius 2 is 2.14 bits per heavy atom. The van der Waals surface area contributed by atoms with Crippen molar-refractivity contribution in [2.75, 3.05) is 13.1 Å². The maximum atomic E-state index is 6.09. The van der Waals surface area contributed by atoms with Crippen LogP contribution < -0.4 is 10.5 Å². The number of ether oxygens (including phenoxy) is 1. The summed E-state index contributed by atoms with van der Waals surface area (Å²) >= 11 is 0. The third-order valence-corrected chi connectivity index (χ3v) is 4.16. The van der Waals surface area contributed by atoms with Crippen LogP contribution in [0, 0.1) is 5.92 Å². The van der Waals surface area contributed by atoms with Crippen molar-refractivity contribution < 1.29 is 4.74 Å². The maximum Gasteiger partial charge on any atom is 0.130 e. The number of hydrogen-bond donors (Lipinski definition) is 1. The summed E-state index contributed by atoms with van der Waals surface area (Å²) in [5.41, 5.74) is 8.29. The summed E-state index contributed by atoms with van der Waals surface area (Å²) in [6.45, 7) is 5.69. The monoisotopic (exact) mass is 297 g/mol. The molecule has 116 valence electrons. The molecule has 1 aromatic carbocycles. The number of aromatic nitrogens is 1. The molecule has 4 nitrogen and oxygen atoms in total. The Hall–Kier alpha value is -1.91. The molecular weight excluding hydrogens is 274 g/mol. The Labute approximate surface area is 131 Å². The van der Waals surface area contributed by atoms with Crippen LogP contribution in [0.4, 0.5) is 0 Å². The summed E-state index contributed by atoms with van der Waals surface area (Å²) < 4.78 is 5.83. The summed E-state index contributed by atoms with van der Waals surface area (Å²) in [6, 6.07) is 14.4. The highest BCUT2D eigenvalue weighted by Crippen LogP contribution is 2.20. The summed E-state index contributed by atoms with van der Waals surface area (Å²) in [5, 5.41) is 0. The van der Waals surface area contributed by atoms with Crippen LogP contribution in [-0.4, -0.2) is 29.0 Å². The fourth-order valence-corrected chi connectivity index (χ4v) is 2.86. The zero-order valence-corrected chi connectivity index (χ0v) is 13.0. The van der Waals surface area contributed by atoms with Crippen molar-refractivity contribution in [3.8, 4) is 5.75 Å². The van der Waals surface area contributed by atoms with E-state index in [1.165, 1.54) is 5.56 Å². The van der Waals surface area contributed by atoms with Crippen LogP contribution in [0.25, 0.3) is 0 Å². The van der Waals surface area contributed by atoms with Gasteiger partial charge in [0, 0.05) is 31.9 Å². The minimum atomic E-state index is 0.295. The fourth-order valence-electron chi connectivity index (χ4n) is 2.86. The molecule has 1 saturated heterocycles. The Bertz CT molecular complexity index is 592. The first kappa shape index (κ1) is 15.0. The number of pyridine rings is 1. The Morgan fingerprint density at radius 1 is 1.23 bits per heavy atom. The topological polar surface area (TPSA) is 51.4 Å². The van der Waals surface area contributed by atoms with E-state index < -0.39 is 0 Å². The first-order chi connectivity index (χ1) is 10.7. The van der Waals surface area contributed by atoms with Gasteiger partial charge < -0.3 is 10.5 Å². The summed E-state index contributed by atoms with van der Waals surface area (Å²) in [5.74, 6) is 1.46. The standard InChI is InChI=1S/C18H23N3O/c1-14-10-21(12-18(14)19)11-15-5-4-7-17(9-15)22-13-16-6-2-3-8-20-16/h2-9,14,18H,10-13,19H2,1H3. The average molecular weight is 297 g/mol. The number of nitrogens with zero attached hydrogens (tertiary/aromatic N) is 2. The lowest BCUT2D eigenvalue weighted by atomic mass is 10.1. The third-order valence-electron chi connectivity index (χ3n) is 4.16. The molecule has 1 fully saturated rings. The molecule has 1 aliphatic heterocycles. The largest absolute Gasteiger partial charge is 0.487 e. The molecule has 22 heavy (non-hydrogen) atoms. The van der Waals surface area contributed by atoms with Crippen molar-refractivity contribution in [1.29, 1.82) is 0 Å². The van der Waals surface area contributed by atoms with Crippen molar-refractivity contribution in [3.05, 3.63) is 59.9 Å². The fraction of sp³-hybridized carbons (Fsp3) is 0.389. The van der Waals surface area contributed by atoms with Crippen LogP contribution in [0.2, 0.25) is 0 Å². The predicted molar refractivity (Wildman–Crippen MR) is 87.4 cm³/mol. The van der Waals surface area contributed by atoms with Crippen molar-refractivity contribution in [2.24, 2.45) is 11.7 Å². The molecule has 0 bridgehead atoms. The van der Waals surface area contributed by atoms with Gasteiger partial charge >= 0.3 is 0 Å². The molecule has 0 aliphatic carbocycles. The van der Waals surface area contributed by atoms with Crippen LogP contribution >= 0.6 is 0 Å². The zero-order valence-electron chi connectivity index (χ0n) is 13.0. The van der Waals surface area contributed by atoms with Crippen LogP contribution in [0.3, 0.4) is 0 Å². The highest BCUT2D eigenvalue weighted by atomic mass is 16.5. The summed E-state index contributed by atoms with van der Waals surface area (Å²) in [6.07, 6.45) is 1.78. The van der Waals surface area contributed by atoms with Crippen LogP contribution in [-0.2, 0) is 13.2 Å². The molecule has 2 atom stereocenters. The average Bonchev–Trinajstić information content (AvgIpc) is 2.84. The van der Waals surface area contributed by atoms with Crippen molar-refractivity contribution >= 4 is 0 Å². The molecule has 1 aliphatic rings. The zero-order chi connectivity index (χ0) is 15.4. The number of likely N-dealkylation sites (tertiary alicyclic amines) is 1. The smallest absolute Gasteiger partial charge is 0.130 e. The molecule has 4 heteroatoms. The van der Waals surface area contributed by atoms with Gasteiger partial charge in [0.15, 0.2) is 0 Å². The van der Waals surface area contributed by atoms with Gasteiger partial charge in [0.25, 0.3) is 0 Å². The van der Waals surface area contributed by atoms with Gasteiger partial charge in [0.1, 0.15) is 12.4 Å². The Kier molecular flexibility index (Phi) is 4.71. The van der Waals surface area contributed by atoms with Crippen LogP contribution in [0.15, 0.2) is 48.7 Å². The molecule has 2 N–H and O–H groups in total. The lowest BCUT2D eigenvalue weighted by molar-refractivity contribution is 0.297. The molecule has 0 radical (unpaired) electrons. The first-order valence-corrected chi connectivity index (χ1v) is 7.80. The Balaban J connectivity index is 1.58. The highest BCUT2D eigenvalue weighted by molar-refractivity contribution is 5.28. The maximum absolute atomic E-state index is 6.09. The minimum absolute atomic E-state index is 0.295. The van der Waals surface area contributed by atoms with Gasteiger partial charge in [-0.25, -0.2) is 0 Å². The number of hydrogen-bond acceptors (Lipinski definition) is 4. The molecule has 0 amide bonds. The van der Waals surface area contributed by atoms with Gasteiger partial charge in [0.05, 0.1) is 5.69 Å². The molecular formula is C18H23N3O. The summed E-state index contributed by atoms with van der Waals surface area (Å²) in [7, 11) is 0. The van der Waals surface area contributed by atoms with E-state index in [1.807, 2.05) is 30.3 Å². The van der Waals surface area contributed by atoms with Crippen molar-refractivity contribution in [1.82, 2.24) is 9.88 Å². The van der Waals surface area contributed by atoms with E-state index in [-0.39, 0.29) is 0 Å². The van der Waals surface area contributed by atoms with E-state index in [0.29, 0.717) is 18.6 Å². The quantitative estimate of drug-likeness (QED) is 0.921. The van der Waals surface area contributed by atoms with Gasteiger partial charge in [-0.15, -0.1) is 0 Å². The molecule has 2 heterocycles. The van der Waals surface area contributed by atoms with Gasteiger partial charge in [-0.05, 0) is 35.7 Å². The molecule has 1 aromatic heterocycles. The van der Waals surface area contributed by atoms with Crippen LogP contribution in [0.5, 0.6) is 5.75 Å². The summed E-state index contributed by atoms with van der Waals surface area (Å²) in [4.78, 5) is 6.68. The number of rotatable bonds is 5. The minimum Gasteiger partial charge on any atom is -0.487 e. The third kappa shape index (κ3) is 3.84. The second kappa shape index (κ2) is 6.90. The van der Waals surface area contributed by atoms with E-state index >= 15 is 0 Å². The van der Waals surface area contributed by atoms with E-state index in [1.54, 1.807) is 6.20 Å². The van der Waals surface area contributed by atoms with E-state index in [2.05, 4.69) is 28.9 Å². The lowest BCUT2D eigenvalue weighted by Gasteiger charge is -2.16. The van der Waals surface area contributed by atoms with Gasteiger partial charge in [-0.3, -0.25) is 9.88 Å². The second-order valence-corrected chi connectivity index (χ2v) is 6.09. The SMILES string of the molecule is CC1CN(Cc2cccc(OCc3ccccn3)c2)CC1N. The molecule has 3 rings (SSSR count). The van der Waals surface area contributed by atoms with Crippen molar-refractivity contribution in [2.45, 2.75) is 26.1 Å². The Morgan fingerprint density at radius 3 is 2.86 bits per heavy atom. The van der Waals surface area contributed by atoms with Crippen LogP contribution in [0.1, 0.15) is 18.2 Å². The predicted octanol–water partition coefficient (Wildman–Crippen LogP) is 2.44. The van der Waals surface area contributed by atoms with E-state index in [9.17, 15) is 0 Å². The second-order valence-electron chi connectivity index (χ2n) is 6.09. The normalized spacial score (nSPS) is 21.9. The van der Waals surface area contributed by atoms with E-state index in [4.69, 9.17) is 10.5 Å². The number of nitrogens with two attached hydrogens (primary N) is 1. The van der Waals surface area contributed by atoms with Gasteiger partial charge in [0.2, 0.25) is 0 Å². The van der Waals surface area contributed by atoms with E-state index in [0.717, 1.165) is 31.1 Å². The molecule has 0 spiro atoms. The highest BCUT2D eigenvalue weighted by Gasteiger charge is 2.26. The molecule has 0 saturated carbocycles. The lowest BCUT2D eigenvalue weighted by Crippen LogP contribution is -2.28. The first-order valence-electron chi connectivity index (χ1n) is 7.80. The number of benzene rings is 1. The molecule has 2 aromatic rings.